The summed E-state index contributed by atoms with van der Waals surface area (Å²) in [5, 5.41) is 10.5. The molecule has 0 aromatic rings. The second-order valence-corrected chi connectivity index (χ2v) is 27.7. The molecule has 516 valence electrons. The van der Waals surface area contributed by atoms with Crippen LogP contribution < -0.4 is 0 Å². The molecule has 0 spiro atoms. The summed E-state index contributed by atoms with van der Waals surface area (Å²) in [5.41, 5.74) is 0. The number of ether oxygens (including phenoxy) is 4. The highest BCUT2D eigenvalue weighted by atomic mass is 31.2. The summed E-state index contributed by atoms with van der Waals surface area (Å²) in [5.74, 6) is -1.32. The van der Waals surface area contributed by atoms with Crippen LogP contribution in [0.1, 0.15) is 349 Å². The van der Waals surface area contributed by atoms with Gasteiger partial charge in [0, 0.05) is 25.7 Å². The smallest absolute Gasteiger partial charge is 0.462 e. The van der Waals surface area contributed by atoms with Gasteiger partial charge in [-0.25, -0.2) is 9.13 Å². The molecule has 0 radical (unpaired) electrons. The SMILES string of the molecule is CCCCCCCCCCCCCCCCCC(=O)O[C@H](COC(=O)CCCCCCCCCCCCC(C)CC)COP(=O)(O)OC[C@@H](O)COP(=O)(O)OC[C@@H](COC(=O)CCCCCCC)OC(=O)CCCCCCCCCCCCCCC. The lowest BCUT2D eigenvalue weighted by atomic mass is 9.99. The molecule has 0 aliphatic carbocycles. The van der Waals surface area contributed by atoms with Crippen LogP contribution in [-0.2, 0) is 65.4 Å². The topological polar surface area (TPSA) is 237 Å². The van der Waals surface area contributed by atoms with Crippen LogP contribution in [0, 0.1) is 5.92 Å². The molecule has 0 fully saturated rings. The number of carbonyl (C=O) groups is 4. The van der Waals surface area contributed by atoms with Crippen LogP contribution in [0.3, 0.4) is 0 Å². The van der Waals surface area contributed by atoms with Gasteiger partial charge in [-0.3, -0.25) is 37.3 Å². The zero-order valence-corrected chi connectivity index (χ0v) is 57.9. The minimum Gasteiger partial charge on any atom is -0.462 e. The van der Waals surface area contributed by atoms with Crippen molar-refractivity contribution in [2.45, 2.75) is 368 Å². The Morgan fingerprint density at radius 2 is 0.552 bits per heavy atom. The van der Waals surface area contributed by atoms with Gasteiger partial charge in [0.1, 0.15) is 19.3 Å². The van der Waals surface area contributed by atoms with Crippen LogP contribution in [0.15, 0.2) is 0 Å². The third kappa shape index (κ3) is 61.3. The largest absolute Gasteiger partial charge is 0.472 e. The van der Waals surface area contributed by atoms with E-state index in [1.165, 1.54) is 167 Å². The van der Waals surface area contributed by atoms with Crippen molar-refractivity contribution in [1.29, 1.82) is 0 Å². The molecule has 0 aliphatic heterocycles. The summed E-state index contributed by atoms with van der Waals surface area (Å²) >= 11 is 0. The number of aliphatic hydroxyl groups is 1. The molecule has 0 bridgehead atoms. The fourth-order valence-corrected chi connectivity index (χ4v) is 11.8. The average Bonchev–Trinajstić information content (AvgIpc) is 3.71. The Labute approximate surface area is 530 Å². The predicted octanol–water partition coefficient (Wildman–Crippen LogP) is 19.4. The van der Waals surface area contributed by atoms with Crippen LogP contribution in [0.25, 0.3) is 0 Å². The van der Waals surface area contributed by atoms with E-state index in [-0.39, 0.29) is 25.7 Å². The first-order chi connectivity index (χ1) is 42.1. The van der Waals surface area contributed by atoms with Gasteiger partial charge < -0.3 is 33.8 Å². The van der Waals surface area contributed by atoms with Crippen LogP contribution in [0.5, 0.6) is 0 Å². The van der Waals surface area contributed by atoms with Gasteiger partial charge in [-0.2, -0.15) is 0 Å². The highest BCUT2D eigenvalue weighted by Gasteiger charge is 2.30. The molecule has 6 atom stereocenters. The third-order valence-electron chi connectivity index (χ3n) is 16.1. The molecule has 19 heteroatoms. The number of hydrogen-bond acceptors (Lipinski definition) is 15. The van der Waals surface area contributed by atoms with Gasteiger partial charge in [0.15, 0.2) is 12.2 Å². The lowest BCUT2D eigenvalue weighted by Gasteiger charge is -2.21. The first-order valence-electron chi connectivity index (χ1n) is 35.7. The molecule has 0 saturated heterocycles. The van der Waals surface area contributed by atoms with E-state index in [0.29, 0.717) is 25.7 Å². The van der Waals surface area contributed by atoms with E-state index in [4.69, 9.17) is 37.0 Å². The van der Waals surface area contributed by atoms with Gasteiger partial charge in [0.25, 0.3) is 0 Å². The molecule has 0 heterocycles. The number of phosphoric acid groups is 2. The fourth-order valence-electron chi connectivity index (χ4n) is 10.3. The molecule has 0 rings (SSSR count). The number of hydrogen-bond donors (Lipinski definition) is 3. The molecule has 0 aromatic carbocycles. The Morgan fingerprint density at radius 1 is 0.322 bits per heavy atom. The third-order valence-corrected chi connectivity index (χ3v) is 18.0. The Hall–Kier alpha value is -1.94. The maximum absolute atomic E-state index is 13.0. The molecular weight excluding hydrogens is 1150 g/mol. The first-order valence-corrected chi connectivity index (χ1v) is 38.7. The van der Waals surface area contributed by atoms with Crippen molar-refractivity contribution in [3.8, 4) is 0 Å². The maximum atomic E-state index is 13.0. The van der Waals surface area contributed by atoms with Crippen molar-refractivity contribution < 1.29 is 80.2 Å². The fraction of sp³-hybridized carbons (Fsp3) is 0.941. The molecule has 0 aromatic heterocycles. The van der Waals surface area contributed by atoms with Crippen LogP contribution in [0.4, 0.5) is 0 Å². The van der Waals surface area contributed by atoms with Gasteiger partial charge in [-0.05, 0) is 31.6 Å². The van der Waals surface area contributed by atoms with E-state index < -0.39 is 97.5 Å². The zero-order chi connectivity index (χ0) is 64.2. The number of unbranched alkanes of at least 4 members (excludes halogenated alkanes) is 39. The number of esters is 4. The van der Waals surface area contributed by atoms with E-state index in [1.54, 1.807) is 0 Å². The number of aliphatic hydroxyl groups excluding tert-OH is 1. The van der Waals surface area contributed by atoms with E-state index in [2.05, 4.69) is 34.6 Å². The highest BCUT2D eigenvalue weighted by Crippen LogP contribution is 2.45. The Balaban J connectivity index is 5.17. The summed E-state index contributed by atoms with van der Waals surface area (Å²) in [6.45, 7) is 7.18. The number of rotatable bonds is 68. The van der Waals surface area contributed by atoms with E-state index >= 15 is 0 Å². The summed E-state index contributed by atoms with van der Waals surface area (Å²) in [7, 11) is -9.89. The van der Waals surface area contributed by atoms with Gasteiger partial charge in [-0.1, -0.05) is 298 Å². The highest BCUT2D eigenvalue weighted by molar-refractivity contribution is 7.47. The molecule has 0 amide bonds. The molecular formula is C68H132O17P2. The first kappa shape index (κ1) is 85.1. The van der Waals surface area contributed by atoms with Gasteiger partial charge in [0.2, 0.25) is 0 Å². The monoisotopic (exact) mass is 1280 g/mol. The summed E-state index contributed by atoms with van der Waals surface area (Å²) in [4.78, 5) is 72.2. The molecule has 17 nitrogen and oxygen atoms in total. The Morgan fingerprint density at radius 3 is 0.816 bits per heavy atom. The van der Waals surface area contributed by atoms with E-state index in [9.17, 15) is 43.2 Å². The van der Waals surface area contributed by atoms with Crippen LogP contribution in [-0.4, -0.2) is 96.7 Å². The van der Waals surface area contributed by atoms with Crippen molar-refractivity contribution in [3.63, 3.8) is 0 Å². The Bertz CT molecular complexity index is 1690. The van der Waals surface area contributed by atoms with E-state index in [1.807, 2.05) is 0 Å². The molecule has 0 aliphatic rings. The standard InChI is InChI=1S/C68H132O17P2/c1-6-10-13-16-18-20-22-24-25-27-29-35-39-44-49-54-68(73)85-64(58-79-66(71)52-47-42-37-33-31-30-32-36-41-45-50-61(5)9-4)60-83-87(76,77)81-56-62(69)55-80-86(74,75)82-59-63(57-78-65(70)51-46-40-15-12-8-3)84-67(72)53-48-43-38-34-28-26-23-21-19-17-14-11-7-2/h61-64,69H,6-60H2,1-5H3,(H,74,75)(H,76,77)/t61?,62-,63+,64+/m0/s1. The average molecular weight is 1280 g/mol. The molecule has 3 unspecified atom stereocenters. The lowest BCUT2D eigenvalue weighted by Crippen LogP contribution is -2.30. The van der Waals surface area contributed by atoms with Gasteiger partial charge in [0.05, 0.1) is 26.4 Å². The van der Waals surface area contributed by atoms with Crippen LogP contribution in [0.2, 0.25) is 0 Å². The number of phosphoric ester groups is 2. The second-order valence-electron chi connectivity index (χ2n) is 24.8. The molecule has 0 saturated carbocycles. The minimum absolute atomic E-state index is 0.107. The lowest BCUT2D eigenvalue weighted by molar-refractivity contribution is -0.161. The molecule has 3 N–H and O–H groups in total. The number of carbonyl (C=O) groups excluding carboxylic acids is 4. The van der Waals surface area contributed by atoms with Crippen LogP contribution >= 0.6 is 15.6 Å². The van der Waals surface area contributed by atoms with E-state index in [0.717, 1.165) is 102 Å². The summed E-state index contributed by atoms with van der Waals surface area (Å²) in [6, 6.07) is 0. The van der Waals surface area contributed by atoms with Crippen molar-refractivity contribution >= 4 is 39.5 Å². The predicted molar refractivity (Wildman–Crippen MR) is 349 cm³/mol. The minimum atomic E-state index is -4.95. The quantitative estimate of drug-likeness (QED) is 0.0222. The zero-order valence-electron chi connectivity index (χ0n) is 56.2. The van der Waals surface area contributed by atoms with Gasteiger partial charge >= 0.3 is 39.5 Å². The van der Waals surface area contributed by atoms with Crippen molar-refractivity contribution in [1.82, 2.24) is 0 Å². The second kappa shape index (κ2) is 61.6. The summed E-state index contributed by atoms with van der Waals surface area (Å²) < 4.78 is 68.0. The van der Waals surface area contributed by atoms with Crippen molar-refractivity contribution in [3.05, 3.63) is 0 Å². The maximum Gasteiger partial charge on any atom is 0.472 e. The van der Waals surface area contributed by atoms with Crippen molar-refractivity contribution in [2.75, 3.05) is 39.6 Å². The molecule has 87 heavy (non-hydrogen) atoms. The normalized spacial score (nSPS) is 14.4. The van der Waals surface area contributed by atoms with Gasteiger partial charge in [-0.15, -0.1) is 0 Å². The Kier molecular flexibility index (Phi) is 60.2. The summed E-state index contributed by atoms with van der Waals surface area (Å²) in [6.07, 6.45) is 47.4. The van der Waals surface area contributed by atoms with Crippen molar-refractivity contribution in [2.24, 2.45) is 5.92 Å².